The molecule has 1 saturated heterocycles. The minimum Gasteiger partial charge on any atom is -0.464 e. The lowest BCUT2D eigenvalue weighted by atomic mass is 10.1. The van der Waals surface area contributed by atoms with Crippen molar-refractivity contribution in [3.8, 4) is 0 Å². The monoisotopic (exact) mass is 353 g/mol. The largest absolute Gasteiger partial charge is 0.464 e. The molecule has 0 aromatic heterocycles. The zero-order valence-corrected chi connectivity index (χ0v) is 15.1. The maximum absolute atomic E-state index is 14.0. The molecule has 1 aromatic carbocycles. The summed E-state index contributed by atoms with van der Waals surface area (Å²) in [7, 11) is 0. The highest BCUT2D eigenvalue weighted by Gasteiger charge is 2.44. The number of hydrogen-bond donors (Lipinski definition) is 0. The number of thioether (sulfide) groups is 1. The van der Waals surface area contributed by atoms with E-state index in [-0.39, 0.29) is 16.9 Å². The van der Waals surface area contributed by atoms with Crippen molar-refractivity contribution in [2.24, 2.45) is 5.92 Å². The van der Waals surface area contributed by atoms with Gasteiger partial charge in [-0.1, -0.05) is 39.3 Å². The molecular formula is C18H24FNO3S. The normalized spacial score (nSPS) is 20.5. The second-order valence-electron chi connectivity index (χ2n) is 6.20. The van der Waals surface area contributed by atoms with Crippen molar-refractivity contribution in [1.82, 2.24) is 4.90 Å². The smallest absolute Gasteiger partial charge is 0.329 e. The van der Waals surface area contributed by atoms with Gasteiger partial charge in [0.15, 0.2) is 0 Å². The number of nitrogens with zero attached hydrogens (tertiary/aromatic N) is 1. The van der Waals surface area contributed by atoms with Gasteiger partial charge in [-0.3, -0.25) is 4.79 Å². The first-order chi connectivity index (χ1) is 11.5. The third-order valence-electron chi connectivity index (χ3n) is 3.96. The number of rotatable bonds is 6. The SMILES string of the molecule is CCCCOC(=O)[C@H]1CS[C@H](C(C)C)N1C(=O)c1ccccc1F. The molecule has 1 fully saturated rings. The van der Waals surface area contributed by atoms with E-state index < -0.39 is 23.7 Å². The molecule has 0 radical (unpaired) electrons. The van der Waals surface area contributed by atoms with Crippen LogP contribution in [0.5, 0.6) is 0 Å². The molecule has 6 heteroatoms. The quantitative estimate of drug-likeness (QED) is 0.578. The maximum atomic E-state index is 14.0. The Hall–Kier alpha value is -1.56. The molecule has 1 aromatic rings. The van der Waals surface area contributed by atoms with Crippen LogP contribution in [0.4, 0.5) is 4.39 Å². The van der Waals surface area contributed by atoms with E-state index in [1.807, 2.05) is 20.8 Å². The summed E-state index contributed by atoms with van der Waals surface area (Å²) in [4.78, 5) is 26.8. The first-order valence-electron chi connectivity index (χ1n) is 8.32. The van der Waals surface area contributed by atoms with Crippen molar-refractivity contribution in [3.05, 3.63) is 35.6 Å². The molecule has 132 valence electrons. The summed E-state index contributed by atoms with van der Waals surface area (Å²) in [5, 5.41) is -0.166. The number of ether oxygens (including phenoxy) is 1. The maximum Gasteiger partial charge on any atom is 0.329 e. The molecule has 0 spiro atoms. The molecule has 0 unspecified atom stereocenters. The van der Waals surface area contributed by atoms with Gasteiger partial charge in [0, 0.05) is 5.75 Å². The van der Waals surface area contributed by atoms with E-state index in [4.69, 9.17) is 4.74 Å². The van der Waals surface area contributed by atoms with Gasteiger partial charge in [-0.25, -0.2) is 9.18 Å². The van der Waals surface area contributed by atoms with Crippen molar-refractivity contribution < 1.29 is 18.7 Å². The van der Waals surface area contributed by atoms with Crippen LogP contribution in [0.3, 0.4) is 0 Å². The summed E-state index contributed by atoms with van der Waals surface area (Å²) in [6.45, 7) is 6.35. The van der Waals surface area contributed by atoms with E-state index in [2.05, 4.69) is 0 Å². The summed E-state index contributed by atoms with van der Waals surface area (Å²) in [6, 6.07) is 5.22. The Labute approximate surface area is 146 Å². The zero-order chi connectivity index (χ0) is 17.7. The van der Waals surface area contributed by atoms with Crippen LogP contribution in [-0.4, -0.2) is 40.6 Å². The van der Waals surface area contributed by atoms with Crippen LogP contribution < -0.4 is 0 Å². The summed E-state index contributed by atoms with van der Waals surface area (Å²) in [6.07, 6.45) is 1.72. The predicted molar refractivity (Wildman–Crippen MR) is 93.3 cm³/mol. The van der Waals surface area contributed by atoms with Crippen LogP contribution in [0.1, 0.15) is 44.0 Å². The molecule has 2 atom stereocenters. The Bertz CT molecular complexity index is 593. The van der Waals surface area contributed by atoms with Gasteiger partial charge in [0.2, 0.25) is 0 Å². The summed E-state index contributed by atoms with van der Waals surface area (Å²) in [5.41, 5.74) is -0.00277. The van der Waals surface area contributed by atoms with Crippen molar-refractivity contribution in [1.29, 1.82) is 0 Å². The molecule has 2 rings (SSSR count). The van der Waals surface area contributed by atoms with E-state index in [9.17, 15) is 14.0 Å². The minimum absolute atomic E-state index is 0.00277. The number of benzene rings is 1. The highest BCUT2D eigenvalue weighted by molar-refractivity contribution is 8.00. The zero-order valence-electron chi connectivity index (χ0n) is 14.3. The topological polar surface area (TPSA) is 46.6 Å². The van der Waals surface area contributed by atoms with Crippen molar-refractivity contribution >= 4 is 23.6 Å². The summed E-state index contributed by atoms with van der Waals surface area (Å²) < 4.78 is 19.3. The summed E-state index contributed by atoms with van der Waals surface area (Å²) >= 11 is 1.54. The van der Waals surface area contributed by atoms with Gasteiger partial charge in [-0.15, -0.1) is 11.8 Å². The Morgan fingerprint density at radius 2 is 2.08 bits per heavy atom. The molecule has 0 aliphatic carbocycles. The van der Waals surface area contributed by atoms with Crippen LogP contribution in [0.2, 0.25) is 0 Å². The lowest BCUT2D eigenvalue weighted by Gasteiger charge is -2.30. The minimum atomic E-state index is -0.661. The summed E-state index contributed by atoms with van der Waals surface area (Å²) in [5.74, 6) is -0.786. The van der Waals surface area contributed by atoms with Gasteiger partial charge in [0.25, 0.3) is 5.91 Å². The molecule has 24 heavy (non-hydrogen) atoms. The van der Waals surface area contributed by atoms with Gasteiger partial charge in [0.05, 0.1) is 17.5 Å². The van der Waals surface area contributed by atoms with E-state index in [1.165, 1.54) is 17.0 Å². The van der Waals surface area contributed by atoms with Crippen LogP contribution >= 0.6 is 11.8 Å². The first kappa shape index (κ1) is 18.8. The number of esters is 1. The molecule has 0 saturated carbocycles. The average Bonchev–Trinajstić information content (AvgIpc) is 3.00. The van der Waals surface area contributed by atoms with E-state index in [0.717, 1.165) is 12.8 Å². The molecule has 4 nitrogen and oxygen atoms in total. The lowest BCUT2D eigenvalue weighted by molar-refractivity contribution is -0.148. The van der Waals surface area contributed by atoms with Crippen LogP contribution in [0.25, 0.3) is 0 Å². The van der Waals surface area contributed by atoms with Crippen LogP contribution in [0, 0.1) is 11.7 Å². The van der Waals surface area contributed by atoms with E-state index in [1.54, 1.807) is 23.9 Å². The van der Waals surface area contributed by atoms with Gasteiger partial charge in [-0.05, 0) is 24.5 Å². The Morgan fingerprint density at radius 3 is 2.71 bits per heavy atom. The van der Waals surface area contributed by atoms with Crippen molar-refractivity contribution in [2.45, 2.75) is 45.0 Å². The highest BCUT2D eigenvalue weighted by atomic mass is 32.2. The standard InChI is InChI=1S/C18H24FNO3S/c1-4-5-10-23-18(22)15-11-24-17(12(2)3)20(15)16(21)13-8-6-7-9-14(13)19/h6-9,12,15,17H,4-5,10-11H2,1-3H3/t15-,17-/m1/s1. The Kier molecular flexibility index (Phi) is 6.66. The van der Waals surface area contributed by atoms with E-state index in [0.29, 0.717) is 12.4 Å². The lowest BCUT2D eigenvalue weighted by Crippen LogP contribution is -2.48. The molecule has 1 amide bonds. The van der Waals surface area contributed by atoms with Gasteiger partial charge in [-0.2, -0.15) is 0 Å². The number of amides is 1. The van der Waals surface area contributed by atoms with Gasteiger partial charge >= 0.3 is 5.97 Å². The fraction of sp³-hybridized carbons (Fsp3) is 0.556. The molecule has 1 heterocycles. The Balaban J connectivity index is 2.23. The predicted octanol–water partition coefficient (Wildman–Crippen LogP) is 3.71. The van der Waals surface area contributed by atoms with Crippen molar-refractivity contribution in [2.75, 3.05) is 12.4 Å². The Morgan fingerprint density at radius 1 is 1.38 bits per heavy atom. The molecule has 1 aliphatic rings. The second kappa shape index (κ2) is 8.51. The third kappa shape index (κ3) is 4.09. The second-order valence-corrected chi connectivity index (χ2v) is 7.35. The number of carbonyl (C=O) groups excluding carboxylic acids is 2. The molecule has 1 aliphatic heterocycles. The first-order valence-corrected chi connectivity index (χ1v) is 9.37. The number of carbonyl (C=O) groups is 2. The molecular weight excluding hydrogens is 329 g/mol. The van der Waals surface area contributed by atoms with Gasteiger partial charge in [0.1, 0.15) is 11.9 Å². The molecule has 0 N–H and O–H groups in total. The molecule has 0 bridgehead atoms. The van der Waals surface area contributed by atoms with Gasteiger partial charge < -0.3 is 9.64 Å². The number of unbranched alkanes of at least 4 members (excludes halogenated alkanes) is 1. The average molecular weight is 353 g/mol. The van der Waals surface area contributed by atoms with Crippen molar-refractivity contribution in [3.63, 3.8) is 0 Å². The van der Waals surface area contributed by atoms with E-state index >= 15 is 0 Å². The highest BCUT2D eigenvalue weighted by Crippen LogP contribution is 2.36. The van der Waals surface area contributed by atoms with Crippen LogP contribution in [0.15, 0.2) is 24.3 Å². The van der Waals surface area contributed by atoms with Crippen LogP contribution in [-0.2, 0) is 9.53 Å². The number of halogens is 1. The fourth-order valence-electron chi connectivity index (χ4n) is 2.67. The fourth-order valence-corrected chi connectivity index (χ4v) is 4.13. The number of hydrogen-bond acceptors (Lipinski definition) is 4. The third-order valence-corrected chi connectivity index (χ3v) is 5.58.